The van der Waals surface area contributed by atoms with Crippen molar-refractivity contribution in [3.63, 3.8) is 0 Å². The third-order valence-corrected chi connectivity index (χ3v) is 1.88. The third-order valence-electron chi connectivity index (χ3n) is 1.88. The number of nitrogens with zero attached hydrogens (tertiary/aromatic N) is 1. The predicted octanol–water partition coefficient (Wildman–Crippen LogP) is 1.70. The van der Waals surface area contributed by atoms with Gasteiger partial charge in [-0.1, -0.05) is 13.8 Å². The summed E-state index contributed by atoms with van der Waals surface area (Å²) in [5.74, 6) is 0. The molecule has 3 heteroatoms. The maximum atomic E-state index is 12.7. The van der Waals surface area contributed by atoms with Crippen LogP contribution >= 0.6 is 0 Å². The Bertz CT molecular complexity index is 101. The summed E-state index contributed by atoms with van der Waals surface area (Å²) in [6.07, 6.45) is -0.0571. The fraction of sp³-hybridized carbons (Fsp3) is 1.00. The maximum absolute atomic E-state index is 12.7. The number of halogens is 1. The summed E-state index contributed by atoms with van der Waals surface area (Å²) in [5, 5.41) is 0. The van der Waals surface area contributed by atoms with Gasteiger partial charge < -0.3 is 9.64 Å². The highest BCUT2D eigenvalue weighted by Gasteiger charge is 2.24. The van der Waals surface area contributed by atoms with Crippen molar-refractivity contribution in [3.8, 4) is 0 Å². The maximum Gasteiger partial charge on any atom is 0.115 e. The van der Waals surface area contributed by atoms with Gasteiger partial charge in [0.2, 0.25) is 0 Å². The van der Waals surface area contributed by atoms with Gasteiger partial charge in [-0.3, -0.25) is 0 Å². The summed E-state index contributed by atoms with van der Waals surface area (Å²) in [6, 6.07) is 0. The Morgan fingerprint density at radius 1 is 1.33 bits per heavy atom. The molecule has 2 nitrogen and oxygen atoms in total. The van der Waals surface area contributed by atoms with Gasteiger partial charge in [-0.2, -0.15) is 0 Å². The molecule has 0 amide bonds. The molecule has 0 aromatic carbocycles. The van der Waals surface area contributed by atoms with Gasteiger partial charge in [0.1, 0.15) is 6.17 Å². The predicted molar refractivity (Wildman–Crippen MR) is 49.2 cm³/mol. The molecule has 1 fully saturated rings. The molecule has 1 rings (SSSR count). The smallest absolute Gasteiger partial charge is 0.115 e. The molecule has 0 radical (unpaired) electrons. The highest BCUT2D eigenvalue weighted by molar-refractivity contribution is 4.76. The Labute approximate surface area is 74.7 Å². The first-order chi connectivity index (χ1) is 5.72. The molecule has 1 heterocycles. The fourth-order valence-electron chi connectivity index (χ4n) is 1.37. The van der Waals surface area contributed by atoms with E-state index in [1.54, 1.807) is 7.11 Å². The van der Waals surface area contributed by atoms with Crippen LogP contribution in [0, 0.1) is 0 Å². The van der Waals surface area contributed by atoms with Gasteiger partial charge in [0.25, 0.3) is 0 Å². The van der Waals surface area contributed by atoms with E-state index < -0.39 is 6.17 Å². The van der Waals surface area contributed by atoms with Crippen molar-refractivity contribution in [1.29, 1.82) is 0 Å². The van der Waals surface area contributed by atoms with Crippen molar-refractivity contribution in [1.82, 2.24) is 4.90 Å². The monoisotopic (exact) mass is 177 g/mol. The minimum atomic E-state index is -0.705. The molecular formula is C9H20FNO. The quantitative estimate of drug-likeness (QED) is 0.604. The van der Waals surface area contributed by atoms with Crippen LogP contribution in [0.3, 0.4) is 0 Å². The summed E-state index contributed by atoms with van der Waals surface area (Å²) in [4.78, 5) is 1.96. The minimum absolute atomic E-state index is 0.0914. The molecule has 74 valence electrons. The second kappa shape index (κ2) is 6.38. The molecule has 0 aromatic rings. The number of likely N-dealkylation sites (tertiary alicyclic amines) is 1. The largest absolute Gasteiger partial charge is 0.380 e. The van der Waals surface area contributed by atoms with Gasteiger partial charge in [-0.25, -0.2) is 4.39 Å². The van der Waals surface area contributed by atoms with E-state index in [0.717, 1.165) is 6.54 Å². The van der Waals surface area contributed by atoms with Crippen LogP contribution in [-0.2, 0) is 4.74 Å². The zero-order valence-electron chi connectivity index (χ0n) is 8.51. The minimum Gasteiger partial charge on any atom is -0.380 e. The molecule has 2 atom stereocenters. The first-order valence-corrected chi connectivity index (χ1v) is 4.57. The molecule has 1 aliphatic rings. The average molecular weight is 177 g/mol. The molecule has 0 saturated carbocycles. The van der Waals surface area contributed by atoms with E-state index >= 15 is 0 Å². The number of methoxy groups -OCH3 is 1. The van der Waals surface area contributed by atoms with Gasteiger partial charge in [0.15, 0.2) is 0 Å². The van der Waals surface area contributed by atoms with Crippen LogP contribution in [0.1, 0.15) is 20.3 Å². The summed E-state index contributed by atoms with van der Waals surface area (Å²) < 4.78 is 17.8. The standard InChI is InChI=1S/C7H14FNO.C2H6/c1-9-4-6(8)3-7(5-9)10-2;1-2/h6-7H,3-5H2,1-2H3;1-2H3. The van der Waals surface area contributed by atoms with E-state index in [0.29, 0.717) is 13.0 Å². The number of hydrogen-bond donors (Lipinski definition) is 0. The Balaban J connectivity index is 0.000000561. The van der Waals surface area contributed by atoms with Crippen LogP contribution in [0.15, 0.2) is 0 Å². The summed E-state index contributed by atoms with van der Waals surface area (Å²) in [5.41, 5.74) is 0. The van der Waals surface area contributed by atoms with Gasteiger partial charge in [-0.05, 0) is 7.05 Å². The molecule has 12 heavy (non-hydrogen) atoms. The zero-order valence-corrected chi connectivity index (χ0v) is 8.51. The van der Waals surface area contributed by atoms with Crippen molar-refractivity contribution in [2.45, 2.75) is 32.5 Å². The van der Waals surface area contributed by atoms with E-state index in [9.17, 15) is 4.39 Å². The molecule has 2 unspecified atom stereocenters. The van der Waals surface area contributed by atoms with Gasteiger partial charge in [0, 0.05) is 26.6 Å². The van der Waals surface area contributed by atoms with E-state index in [-0.39, 0.29) is 6.10 Å². The number of rotatable bonds is 1. The van der Waals surface area contributed by atoms with Gasteiger partial charge in [0.05, 0.1) is 6.10 Å². The lowest BCUT2D eigenvalue weighted by Gasteiger charge is -2.30. The average Bonchev–Trinajstić information content (AvgIpc) is 2.06. The van der Waals surface area contributed by atoms with Crippen LogP contribution in [0.2, 0.25) is 0 Å². The van der Waals surface area contributed by atoms with Crippen molar-refractivity contribution in [2.75, 3.05) is 27.2 Å². The van der Waals surface area contributed by atoms with Crippen LogP contribution < -0.4 is 0 Å². The summed E-state index contributed by atoms with van der Waals surface area (Å²) in [6.45, 7) is 5.41. The lowest BCUT2D eigenvalue weighted by Crippen LogP contribution is -2.42. The lowest BCUT2D eigenvalue weighted by atomic mass is 10.1. The van der Waals surface area contributed by atoms with Crippen molar-refractivity contribution < 1.29 is 9.13 Å². The molecule has 1 aliphatic heterocycles. The lowest BCUT2D eigenvalue weighted by molar-refractivity contribution is 0.00704. The second-order valence-electron chi connectivity index (χ2n) is 2.91. The van der Waals surface area contributed by atoms with Crippen LogP contribution in [0.25, 0.3) is 0 Å². The van der Waals surface area contributed by atoms with Crippen molar-refractivity contribution in [3.05, 3.63) is 0 Å². The summed E-state index contributed by atoms with van der Waals surface area (Å²) >= 11 is 0. The van der Waals surface area contributed by atoms with Crippen LogP contribution in [-0.4, -0.2) is 44.4 Å². The van der Waals surface area contributed by atoms with E-state index in [2.05, 4.69) is 0 Å². The third kappa shape index (κ3) is 4.02. The molecule has 1 saturated heterocycles. The van der Waals surface area contributed by atoms with Crippen LogP contribution in [0.4, 0.5) is 4.39 Å². The fourth-order valence-corrected chi connectivity index (χ4v) is 1.37. The highest BCUT2D eigenvalue weighted by Crippen LogP contribution is 2.13. The number of piperidine rings is 1. The SMILES string of the molecule is CC.COC1CC(F)CN(C)C1. The number of likely N-dealkylation sites (N-methyl/N-ethyl adjacent to an activating group) is 1. The van der Waals surface area contributed by atoms with Crippen molar-refractivity contribution >= 4 is 0 Å². The van der Waals surface area contributed by atoms with Gasteiger partial charge >= 0.3 is 0 Å². The first kappa shape index (κ1) is 11.8. The second-order valence-corrected chi connectivity index (χ2v) is 2.91. The first-order valence-electron chi connectivity index (χ1n) is 4.57. The van der Waals surface area contributed by atoms with Crippen molar-refractivity contribution in [2.24, 2.45) is 0 Å². The Hall–Kier alpha value is -0.150. The van der Waals surface area contributed by atoms with E-state index in [4.69, 9.17) is 4.74 Å². The molecule has 0 spiro atoms. The number of hydrogen-bond acceptors (Lipinski definition) is 2. The van der Waals surface area contributed by atoms with E-state index in [1.807, 2.05) is 25.8 Å². The summed E-state index contributed by atoms with van der Waals surface area (Å²) in [7, 11) is 3.55. The molecule has 0 aromatic heterocycles. The Morgan fingerprint density at radius 3 is 2.33 bits per heavy atom. The van der Waals surface area contributed by atoms with E-state index in [1.165, 1.54) is 0 Å². The normalized spacial score (nSPS) is 30.8. The molecule has 0 N–H and O–H groups in total. The zero-order chi connectivity index (χ0) is 9.56. The highest BCUT2D eigenvalue weighted by atomic mass is 19.1. The Morgan fingerprint density at radius 2 is 1.92 bits per heavy atom. The molecule has 0 bridgehead atoms. The number of alkyl halides is 1. The molecular weight excluding hydrogens is 157 g/mol. The van der Waals surface area contributed by atoms with Crippen LogP contribution in [0.5, 0.6) is 0 Å². The van der Waals surface area contributed by atoms with Gasteiger partial charge in [-0.15, -0.1) is 0 Å². The number of ether oxygens (including phenoxy) is 1. The molecule has 0 aliphatic carbocycles. The Kier molecular flexibility index (Phi) is 6.30. The topological polar surface area (TPSA) is 12.5 Å².